The molecular weight excluding hydrogens is 226 g/mol. The fourth-order valence-corrected chi connectivity index (χ4v) is 1.56. The van der Waals surface area contributed by atoms with Crippen LogP contribution >= 0.6 is 0 Å². The van der Waals surface area contributed by atoms with E-state index in [0.717, 1.165) is 17.8 Å². The van der Waals surface area contributed by atoms with Crippen molar-refractivity contribution in [1.82, 2.24) is 0 Å². The van der Waals surface area contributed by atoms with Crippen molar-refractivity contribution in [2.75, 3.05) is 30.9 Å². The smallest absolute Gasteiger partial charge is 0.224 e. The summed E-state index contributed by atoms with van der Waals surface area (Å²) in [4.78, 5) is 13.7. The SMILES string of the molecule is CC(CN)CCC(=O)Nc1ccc(N(C)C)cc1. The Morgan fingerprint density at radius 2 is 1.94 bits per heavy atom. The molecule has 0 aliphatic heterocycles. The van der Waals surface area contributed by atoms with E-state index in [1.54, 1.807) is 0 Å². The van der Waals surface area contributed by atoms with Crippen molar-refractivity contribution in [3.05, 3.63) is 24.3 Å². The van der Waals surface area contributed by atoms with Crippen LogP contribution in [0.2, 0.25) is 0 Å². The summed E-state index contributed by atoms with van der Waals surface area (Å²) in [6.07, 6.45) is 1.35. The zero-order valence-corrected chi connectivity index (χ0v) is 11.4. The Kier molecular flexibility index (Phi) is 5.65. The van der Waals surface area contributed by atoms with Gasteiger partial charge >= 0.3 is 0 Å². The van der Waals surface area contributed by atoms with Gasteiger partial charge in [-0.2, -0.15) is 0 Å². The van der Waals surface area contributed by atoms with Crippen molar-refractivity contribution in [2.45, 2.75) is 19.8 Å². The zero-order valence-electron chi connectivity index (χ0n) is 11.4. The first-order valence-corrected chi connectivity index (χ1v) is 6.30. The van der Waals surface area contributed by atoms with Crippen molar-refractivity contribution in [3.63, 3.8) is 0 Å². The van der Waals surface area contributed by atoms with Gasteiger partial charge in [-0.3, -0.25) is 4.79 Å². The summed E-state index contributed by atoms with van der Waals surface area (Å²) in [6.45, 7) is 2.68. The van der Waals surface area contributed by atoms with E-state index >= 15 is 0 Å². The summed E-state index contributed by atoms with van der Waals surface area (Å²) in [5.41, 5.74) is 7.47. The van der Waals surface area contributed by atoms with Gasteiger partial charge in [-0.15, -0.1) is 0 Å². The van der Waals surface area contributed by atoms with Crippen LogP contribution < -0.4 is 16.0 Å². The van der Waals surface area contributed by atoms with Gasteiger partial charge in [0.25, 0.3) is 0 Å². The van der Waals surface area contributed by atoms with Gasteiger partial charge in [0, 0.05) is 31.9 Å². The molecular formula is C14H23N3O. The van der Waals surface area contributed by atoms with Crippen LogP contribution in [0.25, 0.3) is 0 Å². The van der Waals surface area contributed by atoms with E-state index in [2.05, 4.69) is 12.2 Å². The molecule has 1 atom stereocenters. The fourth-order valence-electron chi connectivity index (χ4n) is 1.56. The fraction of sp³-hybridized carbons (Fsp3) is 0.500. The Bertz CT molecular complexity index is 373. The van der Waals surface area contributed by atoms with Crippen LogP contribution in [0.15, 0.2) is 24.3 Å². The summed E-state index contributed by atoms with van der Waals surface area (Å²) in [5, 5.41) is 2.89. The Morgan fingerprint density at radius 1 is 1.33 bits per heavy atom. The molecule has 4 nitrogen and oxygen atoms in total. The lowest BCUT2D eigenvalue weighted by Crippen LogP contribution is -2.16. The van der Waals surface area contributed by atoms with E-state index in [1.807, 2.05) is 43.3 Å². The molecule has 0 radical (unpaired) electrons. The highest BCUT2D eigenvalue weighted by atomic mass is 16.1. The monoisotopic (exact) mass is 249 g/mol. The normalized spacial score (nSPS) is 12.0. The minimum Gasteiger partial charge on any atom is -0.378 e. The van der Waals surface area contributed by atoms with E-state index in [1.165, 1.54) is 0 Å². The standard InChI is InChI=1S/C14H23N3O/c1-11(10-15)4-9-14(18)16-12-5-7-13(8-6-12)17(2)3/h5-8,11H,4,9-10,15H2,1-3H3,(H,16,18). The summed E-state index contributed by atoms with van der Waals surface area (Å²) in [5.74, 6) is 0.444. The molecule has 0 aliphatic carbocycles. The van der Waals surface area contributed by atoms with E-state index in [4.69, 9.17) is 5.73 Å². The predicted octanol–water partition coefficient (Wildman–Crippen LogP) is 2.07. The minimum absolute atomic E-state index is 0.0490. The third kappa shape index (κ3) is 4.75. The predicted molar refractivity (Wildman–Crippen MR) is 76.9 cm³/mol. The zero-order chi connectivity index (χ0) is 13.5. The highest BCUT2D eigenvalue weighted by Gasteiger charge is 2.06. The highest BCUT2D eigenvalue weighted by molar-refractivity contribution is 5.90. The summed E-state index contributed by atoms with van der Waals surface area (Å²) in [6, 6.07) is 7.80. The molecule has 0 saturated heterocycles. The Balaban J connectivity index is 2.44. The number of amides is 1. The largest absolute Gasteiger partial charge is 0.378 e. The third-order valence-electron chi connectivity index (χ3n) is 2.93. The summed E-state index contributed by atoms with van der Waals surface area (Å²) < 4.78 is 0. The molecule has 1 amide bonds. The number of carbonyl (C=O) groups excluding carboxylic acids is 1. The van der Waals surface area contributed by atoms with E-state index < -0.39 is 0 Å². The lowest BCUT2D eigenvalue weighted by atomic mass is 10.1. The molecule has 0 heterocycles. The molecule has 0 saturated carbocycles. The molecule has 0 spiro atoms. The molecule has 0 aliphatic rings. The van der Waals surface area contributed by atoms with Gasteiger partial charge in [0.2, 0.25) is 5.91 Å². The number of nitrogens with zero attached hydrogens (tertiary/aromatic N) is 1. The molecule has 0 fully saturated rings. The van der Waals surface area contributed by atoms with Crippen LogP contribution in [0.4, 0.5) is 11.4 Å². The molecule has 1 aromatic rings. The molecule has 1 unspecified atom stereocenters. The van der Waals surface area contributed by atoms with Crippen molar-refractivity contribution >= 4 is 17.3 Å². The average Bonchev–Trinajstić information content (AvgIpc) is 2.36. The number of nitrogens with one attached hydrogen (secondary N) is 1. The maximum Gasteiger partial charge on any atom is 0.224 e. The third-order valence-corrected chi connectivity index (χ3v) is 2.93. The first-order valence-electron chi connectivity index (χ1n) is 6.30. The van der Waals surface area contributed by atoms with Crippen molar-refractivity contribution in [1.29, 1.82) is 0 Å². The van der Waals surface area contributed by atoms with Gasteiger partial charge in [0.1, 0.15) is 0 Å². The molecule has 18 heavy (non-hydrogen) atoms. The van der Waals surface area contributed by atoms with Gasteiger partial charge < -0.3 is 16.0 Å². The van der Waals surface area contributed by atoms with Crippen LogP contribution in [-0.2, 0) is 4.79 Å². The molecule has 0 aromatic heterocycles. The van der Waals surface area contributed by atoms with Gasteiger partial charge in [0.15, 0.2) is 0 Å². The lowest BCUT2D eigenvalue weighted by molar-refractivity contribution is -0.116. The number of hydrogen-bond donors (Lipinski definition) is 2. The summed E-state index contributed by atoms with van der Waals surface area (Å²) in [7, 11) is 3.98. The van der Waals surface area contributed by atoms with Crippen molar-refractivity contribution in [3.8, 4) is 0 Å². The van der Waals surface area contributed by atoms with Gasteiger partial charge in [-0.05, 0) is 43.1 Å². The minimum atomic E-state index is 0.0490. The topological polar surface area (TPSA) is 58.4 Å². The number of rotatable bonds is 6. The number of anilines is 2. The number of carbonyl (C=O) groups is 1. The van der Waals surface area contributed by atoms with Gasteiger partial charge in [-0.25, -0.2) is 0 Å². The molecule has 4 heteroatoms. The average molecular weight is 249 g/mol. The quantitative estimate of drug-likeness (QED) is 0.811. The molecule has 100 valence electrons. The van der Waals surface area contributed by atoms with Crippen molar-refractivity contribution in [2.24, 2.45) is 11.7 Å². The van der Waals surface area contributed by atoms with E-state index in [0.29, 0.717) is 18.9 Å². The first kappa shape index (κ1) is 14.5. The molecule has 3 N–H and O–H groups in total. The number of hydrogen-bond acceptors (Lipinski definition) is 3. The van der Waals surface area contributed by atoms with Crippen LogP contribution in [0.3, 0.4) is 0 Å². The number of benzene rings is 1. The van der Waals surface area contributed by atoms with Gasteiger partial charge in [0.05, 0.1) is 0 Å². The second-order valence-corrected chi connectivity index (χ2v) is 4.87. The second kappa shape index (κ2) is 7.01. The Morgan fingerprint density at radius 3 is 2.44 bits per heavy atom. The number of nitrogens with two attached hydrogens (primary N) is 1. The van der Waals surface area contributed by atoms with Crippen LogP contribution in [0.1, 0.15) is 19.8 Å². The lowest BCUT2D eigenvalue weighted by Gasteiger charge is -2.13. The highest BCUT2D eigenvalue weighted by Crippen LogP contribution is 2.16. The van der Waals surface area contributed by atoms with Gasteiger partial charge in [-0.1, -0.05) is 6.92 Å². The molecule has 1 rings (SSSR count). The van der Waals surface area contributed by atoms with E-state index in [-0.39, 0.29) is 5.91 Å². The first-order chi connectivity index (χ1) is 8.52. The van der Waals surface area contributed by atoms with E-state index in [9.17, 15) is 4.79 Å². The second-order valence-electron chi connectivity index (χ2n) is 4.87. The Labute approximate surface area is 109 Å². The maximum absolute atomic E-state index is 11.7. The maximum atomic E-state index is 11.7. The molecule has 1 aromatic carbocycles. The Hall–Kier alpha value is -1.55. The van der Waals surface area contributed by atoms with Crippen molar-refractivity contribution < 1.29 is 4.79 Å². The van der Waals surface area contributed by atoms with Crippen LogP contribution in [0, 0.1) is 5.92 Å². The van der Waals surface area contributed by atoms with Crippen LogP contribution in [-0.4, -0.2) is 26.5 Å². The molecule has 0 bridgehead atoms. The summed E-state index contributed by atoms with van der Waals surface area (Å²) >= 11 is 0. The van der Waals surface area contributed by atoms with Crippen LogP contribution in [0.5, 0.6) is 0 Å².